The van der Waals surface area contributed by atoms with Crippen LogP contribution in [0.25, 0.3) is 0 Å². The summed E-state index contributed by atoms with van der Waals surface area (Å²) in [5, 5.41) is 18.5. The molecule has 0 saturated carbocycles. The lowest BCUT2D eigenvalue weighted by molar-refractivity contribution is -0.150. The van der Waals surface area contributed by atoms with E-state index in [0.717, 1.165) is 25.1 Å². The zero-order chi connectivity index (χ0) is 14.8. The highest BCUT2D eigenvalue weighted by Gasteiger charge is 2.39. The van der Waals surface area contributed by atoms with E-state index in [1.807, 2.05) is 12.1 Å². The molecule has 20 heavy (non-hydrogen) atoms. The minimum absolute atomic E-state index is 0.0699. The molecule has 1 aromatic rings. The zero-order valence-corrected chi connectivity index (χ0v) is 11.8. The Morgan fingerprint density at radius 1 is 1.60 bits per heavy atom. The first-order valence-electron chi connectivity index (χ1n) is 6.80. The smallest absolute Gasteiger partial charge is 0.309 e. The zero-order valence-electron chi connectivity index (χ0n) is 11.8. The molecule has 1 N–H and O–H groups in total. The van der Waals surface area contributed by atoms with Gasteiger partial charge in [-0.15, -0.1) is 0 Å². The van der Waals surface area contributed by atoms with E-state index in [4.69, 9.17) is 5.26 Å². The van der Waals surface area contributed by atoms with Crippen molar-refractivity contribution in [3.8, 4) is 6.07 Å². The lowest BCUT2D eigenvalue weighted by Gasteiger charge is -2.40. The van der Waals surface area contributed by atoms with Gasteiger partial charge in [0.15, 0.2) is 5.69 Å². The molecule has 5 nitrogen and oxygen atoms in total. The molecule has 1 saturated heterocycles. The van der Waals surface area contributed by atoms with Gasteiger partial charge >= 0.3 is 5.97 Å². The number of aliphatic carboxylic acids is 1. The molecule has 106 valence electrons. The van der Waals surface area contributed by atoms with Gasteiger partial charge in [-0.25, -0.2) is 4.98 Å². The SMILES string of the molecule is CC(C)(C(=O)O)C1CCCN(c2cccnc2C#N)C1. The summed E-state index contributed by atoms with van der Waals surface area (Å²) in [6.45, 7) is 5.04. The summed E-state index contributed by atoms with van der Waals surface area (Å²) in [5.74, 6) is -0.698. The highest BCUT2D eigenvalue weighted by atomic mass is 16.4. The first kappa shape index (κ1) is 14.3. The number of anilines is 1. The van der Waals surface area contributed by atoms with Crippen LogP contribution >= 0.6 is 0 Å². The minimum Gasteiger partial charge on any atom is -0.481 e. The fraction of sp³-hybridized carbons (Fsp3) is 0.533. The van der Waals surface area contributed by atoms with E-state index in [0.29, 0.717) is 12.2 Å². The largest absolute Gasteiger partial charge is 0.481 e. The maximum absolute atomic E-state index is 11.4. The quantitative estimate of drug-likeness (QED) is 0.914. The third kappa shape index (κ3) is 2.60. The third-order valence-corrected chi connectivity index (χ3v) is 4.23. The Labute approximate surface area is 118 Å². The van der Waals surface area contributed by atoms with Crippen molar-refractivity contribution in [3.05, 3.63) is 24.0 Å². The first-order chi connectivity index (χ1) is 9.46. The minimum atomic E-state index is -0.768. The Balaban J connectivity index is 2.24. The van der Waals surface area contributed by atoms with Crippen LogP contribution < -0.4 is 4.90 Å². The molecule has 0 radical (unpaired) electrons. The van der Waals surface area contributed by atoms with Crippen LogP contribution in [0.5, 0.6) is 0 Å². The Kier molecular flexibility index (Phi) is 3.93. The molecule has 0 spiro atoms. The van der Waals surface area contributed by atoms with Gasteiger partial charge in [0.05, 0.1) is 11.1 Å². The van der Waals surface area contributed by atoms with Crippen molar-refractivity contribution < 1.29 is 9.90 Å². The Bertz CT molecular complexity index is 548. The van der Waals surface area contributed by atoms with E-state index in [2.05, 4.69) is 16.0 Å². The second-order valence-corrected chi connectivity index (χ2v) is 5.79. The number of pyridine rings is 1. The molecule has 2 rings (SSSR count). The van der Waals surface area contributed by atoms with Crippen molar-refractivity contribution >= 4 is 11.7 Å². The number of aromatic nitrogens is 1. The van der Waals surface area contributed by atoms with Gasteiger partial charge < -0.3 is 10.0 Å². The molecule has 1 atom stereocenters. The number of carbonyl (C=O) groups is 1. The van der Waals surface area contributed by atoms with Crippen LogP contribution in [-0.4, -0.2) is 29.1 Å². The topological polar surface area (TPSA) is 77.2 Å². The number of hydrogen-bond donors (Lipinski definition) is 1. The fourth-order valence-corrected chi connectivity index (χ4v) is 2.70. The average Bonchev–Trinajstić information content (AvgIpc) is 2.47. The third-order valence-electron chi connectivity index (χ3n) is 4.23. The van der Waals surface area contributed by atoms with Gasteiger partial charge in [0.1, 0.15) is 6.07 Å². The van der Waals surface area contributed by atoms with E-state index < -0.39 is 11.4 Å². The molecule has 1 fully saturated rings. The van der Waals surface area contributed by atoms with Crippen molar-refractivity contribution in [2.45, 2.75) is 26.7 Å². The summed E-state index contributed by atoms with van der Waals surface area (Å²) in [6, 6.07) is 5.78. The summed E-state index contributed by atoms with van der Waals surface area (Å²) >= 11 is 0. The second kappa shape index (κ2) is 5.49. The van der Waals surface area contributed by atoms with Crippen LogP contribution in [0.1, 0.15) is 32.4 Å². The van der Waals surface area contributed by atoms with Gasteiger partial charge in [-0.3, -0.25) is 4.79 Å². The molecular weight excluding hydrogens is 254 g/mol. The molecule has 1 aliphatic rings. The maximum Gasteiger partial charge on any atom is 0.309 e. The molecule has 1 unspecified atom stereocenters. The van der Waals surface area contributed by atoms with Gasteiger partial charge in [-0.1, -0.05) is 0 Å². The molecule has 5 heteroatoms. The van der Waals surface area contributed by atoms with Crippen LogP contribution in [0, 0.1) is 22.7 Å². The fourth-order valence-electron chi connectivity index (χ4n) is 2.70. The monoisotopic (exact) mass is 273 g/mol. The van der Waals surface area contributed by atoms with Gasteiger partial charge in [-0.2, -0.15) is 5.26 Å². The van der Waals surface area contributed by atoms with E-state index >= 15 is 0 Å². The van der Waals surface area contributed by atoms with Gasteiger partial charge in [0, 0.05) is 19.3 Å². The molecule has 2 heterocycles. The number of hydrogen-bond acceptors (Lipinski definition) is 4. The van der Waals surface area contributed by atoms with E-state index in [-0.39, 0.29) is 5.92 Å². The maximum atomic E-state index is 11.4. The number of nitriles is 1. The van der Waals surface area contributed by atoms with Crippen molar-refractivity contribution in [1.82, 2.24) is 4.98 Å². The van der Waals surface area contributed by atoms with E-state index in [9.17, 15) is 9.90 Å². The number of carboxylic acid groups (broad SMARTS) is 1. The number of nitrogens with zero attached hydrogens (tertiary/aromatic N) is 3. The molecule has 0 aliphatic carbocycles. The number of piperidine rings is 1. The summed E-state index contributed by atoms with van der Waals surface area (Å²) in [4.78, 5) is 17.6. The Morgan fingerprint density at radius 2 is 2.35 bits per heavy atom. The lowest BCUT2D eigenvalue weighted by atomic mass is 9.74. The first-order valence-corrected chi connectivity index (χ1v) is 6.80. The van der Waals surface area contributed by atoms with Crippen LogP contribution in [0.4, 0.5) is 5.69 Å². The second-order valence-electron chi connectivity index (χ2n) is 5.79. The highest BCUT2D eigenvalue weighted by Crippen LogP contribution is 2.36. The predicted molar refractivity (Wildman–Crippen MR) is 75.3 cm³/mol. The van der Waals surface area contributed by atoms with Crippen LogP contribution in [0.15, 0.2) is 18.3 Å². The highest BCUT2D eigenvalue weighted by molar-refractivity contribution is 5.74. The van der Waals surface area contributed by atoms with Gasteiger partial charge in [0.2, 0.25) is 0 Å². The van der Waals surface area contributed by atoms with Crippen LogP contribution in [0.3, 0.4) is 0 Å². The average molecular weight is 273 g/mol. The summed E-state index contributed by atoms with van der Waals surface area (Å²) in [7, 11) is 0. The summed E-state index contributed by atoms with van der Waals surface area (Å²) in [5.41, 5.74) is 0.454. The molecule has 1 aromatic heterocycles. The molecule has 0 amide bonds. The van der Waals surface area contributed by atoms with Crippen molar-refractivity contribution in [3.63, 3.8) is 0 Å². The van der Waals surface area contributed by atoms with Crippen LogP contribution in [-0.2, 0) is 4.79 Å². The predicted octanol–water partition coefficient (Wildman–Crippen LogP) is 2.28. The molecule has 0 bridgehead atoms. The normalized spacial score (nSPS) is 19.4. The number of rotatable bonds is 3. The van der Waals surface area contributed by atoms with Crippen molar-refractivity contribution in [2.24, 2.45) is 11.3 Å². The lowest BCUT2D eigenvalue weighted by Crippen LogP contribution is -2.45. The molecule has 1 aliphatic heterocycles. The Hall–Kier alpha value is -2.09. The van der Waals surface area contributed by atoms with Crippen molar-refractivity contribution in [2.75, 3.05) is 18.0 Å². The molecule has 0 aromatic carbocycles. The van der Waals surface area contributed by atoms with E-state index in [1.54, 1.807) is 20.0 Å². The van der Waals surface area contributed by atoms with Crippen LogP contribution in [0.2, 0.25) is 0 Å². The van der Waals surface area contributed by atoms with E-state index in [1.165, 1.54) is 0 Å². The van der Waals surface area contributed by atoms with Crippen molar-refractivity contribution in [1.29, 1.82) is 5.26 Å². The van der Waals surface area contributed by atoms with Gasteiger partial charge in [0.25, 0.3) is 0 Å². The summed E-state index contributed by atoms with van der Waals surface area (Å²) < 4.78 is 0. The summed E-state index contributed by atoms with van der Waals surface area (Å²) in [6.07, 6.45) is 3.43. The molecular formula is C15H19N3O2. The number of carboxylic acids is 1. The Morgan fingerprint density at radius 3 is 3.00 bits per heavy atom. The van der Waals surface area contributed by atoms with Gasteiger partial charge in [-0.05, 0) is 44.7 Å². The standard InChI is InChI=1S/C15H19N3O2/c1-15(2,14(19)20)11-5-4-8-18(10-11)13-6-3-7-17-12(13)9-16/h3,6-7,11H,4-5,8,10H2,1-2H3,(H,19,20).